The molecule has 2 amide bonds. The first-order valence-corrected chi connectivity index (χ1v) is 7.30. The molecule has 1 aromatic carbocycles. The predicted octanol–water partition coefficient (Wildman–Crippen LogP) is 1.93. The number of carbonyl (C=O) groups is 1. The third-order valence-electron chi connectivity index (χ3n) is 3.13. The Labute approximate surface area is 144 Å². The van der Waals surface area contributed by atoms with Gasteiger partial charge in [0.2, 0.25) is 11.8 Å². The van der Waals surface area contributed by atoms with Crippen LogP contribution in [-0.2, 0) is 6.61 Å². The summed E-state index contributed by atoms with van der Waals surface area (Å²) in [5.41, 5.74) is 0.911. The normalized spacial score (nSPS) is 10.2. The molecule has 0 saturated carbocycles. The van der Waals surface area contributed by atoms with E-state index in [1.54, 1.807) is 36.4 Å². The van der Waals surface area contributed by atoms with Crippen molar-refractivity contribution in [2.45, 2.75) is 6.61 Å². The van der Waals surface area contributed by atoms with E-state index in [9.17, 15) is 4.79 Å². The Kier molecular flexibility index (Phi) is 5.80. The second-order valence-electron chi connectivity index (χ2n) is 4.81. The first kappa shape index (κ1) is 17.8. The van der Waals surface area contributed by atoms with Crippen molar-refractivity contribution in [3.8, 4) is 11.8 Å². The Hall–Kier alpha value is -2.55. The lowest BCUT2D eigenvalue weighted by molar-refractivity contribution is 0.216. The van der Waals surface area contributed by atoms with Crippen molar-refractivity contribution >= 4 is 23.3 Å². The van der Waals surface area contributed by atoms with E-state index in [1.165, 1.54) is 14.2 Å². The molecule has 1 heterocycles. The molecule has 0 aliphatic heterocycles. The lowest BCUT2D eigenvalue weighted by Crippen LogP contribution is -2.49. The van der Waals surface area contributed by atoms with Crippen LogP contribution in [-0.4, -0.2) is 30.2 Å². The highest BCUT2D eigenvalue weighted by molar-refractivity contribution is 6.31. The maximum Gasteiger partial charge on any atom is 0.352 e. The van der Waals surface area contributed by atoms with Gasteiger partial charge in [-0.3, -0.25) is 5.01 Å². The maximum atomic E-state index is 12.0. The van der Waals surface area contributed by atoms with Crippen molar-refractivity contribution in [3.63, 3.8) is 0 Å². The molecule has 128 valence electrons. The lowest BCUT2D eigenvalue weighted by Gasteiger charge is -2.23. The third kappa shape index (κ3) is 4.05. The van der Waals surface area contributed by atoms with Crippen LogP contribution in [0.2, 0.25) is 5.02 Å². The summed E-state index contributed by atoms with van der Waals surface area (Å²) in [6, 6.07) is 9.52. The molecule has 9 heteroatoms. The minimum Gasteiger partial charge on any atom is -0.481 e. The number of methoxy groups -OCH3 is 1. The predicted molar refractivity (Wildman–Crippen MR) is 90.6 cm³/mol. The lowest BCUT2D eigenvalue weighted by atomic mass is 10.2. The fourth-order valence-electron chi connectivity index (χ4n) is 1.92. The summed E-state index contributed by atoms with van der Waals surface area (Å²) in [4.78, 5) is 16.1. The maximum absolute atomic E-state index is 12.0. The highest BCUT2D eigenvalue weighted by Gasteiger charge is 2.19. The van der Waals surface area contributed by atoms with Crippen LogP contribution in [0.3, 0.4) is 0 Å². The molecule has 0 saturated heterocycles. The van der Waals surface area contributed by atoms with E-state index in [1.807, 2.05) is 0 Å². The molecule has 0 unspecified atom stereocenters. The van der Waals surface area contributed by atoms with Gasteiger partial charge in [-0.2, -0.15) is 4.98 Å². The van der Waals surface area contributed by atoms with Gasteiger partial charge in [-0.1, -0.05) is 23.7 Å². The second kappa shape index (κ2) is 7.82. The molecular weight excluding hydrogens is 334 g/mol. The Morgan fingerprint density at radius 2 is 1.88 bits per heavy atom. The van der Waals surface area contributed by atoms with Crippen LogP contribution in [0.1, 0.15) is 5.56 Å². The van der Waals surface area contributed by atoms with Crippen molar-refractivity contribution in [2.75, 3.05) is 19.2 Å². The molecular formula is C15H18ClN5O3. The number of urea groups is 1. The quantitative estimate of drug-likeness (QED) is 0.484. The number of ether oxygens (including phenoxy) is 2. The fraction of sp³-hybridized carbons (Fsp3) is 0.200. The van der Waals surface area contributed by atoms with Gasteiger partial charge in [0.05, 0.1) is 12.8 Å². The molecule has 0 radical (unpaired) electrons. The summed E-state index contributed by atoms with van der Waals surface area (Å²) in [6.07, 6.45) is 0. The summed E-state index contributed by atoms with van der Waals surface area (Å²) < 4.78 is 10.7. The van der Waals surface area contributed by atoms with E-state index in [0.29, 0.717) is 28.0 Å². The van der Waals surface area contributed by atoms with Crippen molar-refractivity contribution < 1.29 is 14.3 Å². The number of benzene rings is 1. The first-order valence-electron chi connectivity index (χ1n) is 6.92. The topological polar surface area (TPSA) is 107 Å². The molecule has 2 aromatic rings. The van der Waals surface area contributed by atoms with Gasteiger partial charge in [-0.05, 0) is 12.1 Å². The summed E-state index contributed by atoms with van der Waals surface area (Å²) in [7, 11) is 2.91. The van der Waals surface area contributed by atoms with E-state index < -0.39 is 6.03 Å². The number of hydrogen-bond acceptors (Lipinski definition) is 6. The van der Waals surface area contributed by atoms with Crippen molar-refractivity contribution in [3.05, 3.63) is 47.0 Å². The van der Waals surface area contributed by atoms with Gasteiger partial charge >= 0.3 is 6.03 Å². The van der Waals surface area contributed by atoms with E-state index in [-0.39, 0.29) is 6.61 Å². The molecule has 0 bridgehead atoms. The van der Waals surface area contributed by atoms with E-state index >= 15 is 0 Å². The van der Waals surface area contributed by atoms with Gasteiger partial charge in [0, 0.05) is 29.8 Å². The molecule has 0 aliphatic rings. The van der Waals surface area contributed by atoms with Crippen LogP contribution in [0.4, 0.5) is 10.5 Å². The van der Waals surface area contributed by atoms with Gasteiger partial charge in [0.1, 0.15) is 6.61 Å². The second-order valence-corrected chi connectivity index (χ2v) is 5.22. The number of rotatable bonds is 5. The Morgan fingerprint density at radius 3 is 2.54 bits per heavy atom. The van der Waals surface area contributed by atoms with Crippen molar-refractivity contribution in [2.24, 2.45) is 11.7 Å². The van der Waals surface area contributed by atoms with Crippen molar-refractivity contribution in [1.29, 1.82) is 0 Å². The molecule has 0 spiro atoms. The summed E-state index contributed by atoms with van der Waals surface area (Å²) in [5.74, 6) is 12.0. The van der Waals surface area contributed by atoms with Crippen LogP contribution >= 0.6 is 11.6 Å². The summed E-state index contributed by atoms with van der Waals surface area (Å²) in [6.45, 7) is 0.0600. The monoisotopic (exact) mass is 351 g/mol. The summed E-state index contributed by atoms with van der Waals surface area (Å²) in [5, 5.41) is 2.18. The van der Waals surface area contributed by atoms with Crippen LogP contribution < -0.4 is 26.2 Å². The van der Waals surface area contributed by atoms with E-state index in [2.05, 4.69) is 4.98 Å². The van der Waals surface area contributed by atoms with E-state index in [4.69, 9.17) is 32.8 Å². The van der Waals surface area contributed by atoms with Crippen molar-refractivity contribution in [1.82, 2.24) is 9.99 Å². The molecule has 2 rings (SSSR count). The molecule has 0 fully saturated rings. The first-order chi connectivity index (χ1) is 11.4. The van der Waals surface area contributed by atoms with Crippen LogP contribution in [0.15, 0.2) is 36.4 Å². The number of nitrogens with two attached hydrogens (primary N) is 2. The largest absolute Gasteiger partial charge is 0.481 e. The zero-order valence-electron chi connectivity index (χ0n) is 13.3. The average Bonchev–Trinajstić information content (AvgIpc) is 2.59. The van der Waals surface area contributed by atoms with Crippen LogP contribution in [0.5, 0.6) is 11.8 Å². The van der Waals surface area contributed by atoms with Gasteiger partial charge in [0.25, 0.3) is 0 Å². The highest BCUT2D eigenvalue weighted by atomic mass is 35.5. The Balaban J connectivity index is 2.24. The van der Waals surface area contributed by atoms with Crippen LogP contribution in [0, 0.1) is 0 Å². The smallest absolute Gasteiger partial charge is 0.352 e. The van der Waals surface area contributed by atoms with Gasteiger partial charge < -0.3 is 9.47 Å². The minimum atomic E-state index is -0.599. The number of hydrazine groups is 2. The number of hydrogen-bond donors (Lipinski definition) is 2. The molecule has 0 aliphatic carbocycles. The standard InChI is InChI=1S/C15H18ClN5O3/c1-20(17)15(22)21(18)12-6-3-5-11(16)10(12)9-24-14-8-4-7-13(19-14)23-2/h3-8H,9,17-18H2,1-2H3. The van der Waals surface area contributed by atoms with E-state index in [0.717, 1.165) is 10.0 Å². The molecule has 1 aromatic heterocycles. The molecule has 4 N–H and O–H groups in total. The van der Waals surface area contributed by atoms with Crippen LogP contribution in [0.25, 0.3) is 0 Å². The zero-order valence-corrected chi connectivity index (χ0v) is 14.0. The Morgan fingerprint density at radius 1 is 1.21 bits per heavy atom. The molecule has 8 nitrogen and oxygen atoms in total. The van der Waals surface area contributed by atoms with Gasteiger partial charge in [-0.25, -0.2) is 21.5 Å². The van der Waals surface area contributed by atoms with Gasteiger partial charge in [-0.15, -0.1) is 0 Å². The SMILES string of the molecule is COc1cccc(OCc2c(Cl)cccc2N(N)C(=O)N(C)N)n1. The molecule has 0 atom stereocenters. The number of halogens is 1. The highest BCUT2D eigenvalue weighted by Crippen LogP contribution is 2.28. The fourth-order valence-corrected chi connectivity index (χ4v) is 2.15. The Bertz CT molecular complexity index is 726. The number of anilines is 1. The third-order valence-corrected chi connectivity index (χ3v) is 3.49. The number of carbonyl (C=O) groups excluding carboxylic acids is 1. The number of nitrogens with zero attached hydrogens (tertiary/aromatic N) is 3. The average molecular weight is 352 g/mol. The number of pyridine rings is 1. The summed E-state index contributed by atoms with van der Waals surface area (Å²) >= 11 is 6.22. The minimum absolute atomic E-state index is 0.0600. The zero-order chi connectivity index (χ0) is 17.7. The number of aromatic nitrogens is 1. The van der Waals surface area contributed by atoms with Gasteiger partial charge in [0.15, 0.2) is 0 Å². The number of amides is 2. The molecule has 24 heavy (non-hydrogen) atoms.